The molecule has 44 heavy (non-hydrogen) atoms. The lowest BCUT2D eigenvalue weighted by Gasteiger charge is -2.39. The second-order valence-electron chi connectivity index (χ2n) is 9.90. The maximum Gasteiger partial charge on any atom is 0.335 e. The molecule has 15 nitrogen and oxygen atoms in total. The molecule has 0 spiro atoms. The van der Waals surface area contributed by atoms with Crippen LogP contribution in [0.2, 0.25) is 0 Å². The van der Waals surface area contributed by atoms with Crippen molar-refractivity contribution in [3.63, 3.8) is 0 Å². The minimum Gasteiger partial charge on any atom is -0.496 e. The first-order chi connectivity index (χ1) is 20.9. The van der Waals surface area contributed by atoms with Gasteiger partial charge in [0.05, 0.1) is 13.2 Å². The summed E-state index contributed by atoms with van der Waals surface area (Å²) in [6, 6.07) is 6.31. The number of carboxylic acids is 2. The lowest BCUT2D eigenvalue weighted by molar-refractivity contribution is -0.165. The maximum absolute atomic E-state index is 11.0. The molecule has 1 fully saturated rings. The molecule has 0 radical (unpaired) electrons. The molecule has 3 aliphatic rings. The van der Waals surface area contributed by atoms with Gasteiger partial charge in [0, 0.05) is 49.5 Å². The molecule has 3 atom stereocenters. The van der Waals surface area contributed by atoms with Gasteiger partial charge < -0.3 is 50.5 Å². The minimum atomic E-state index is -2.27. The van der Waals surface area contributed by atoms with Crippen LogP contribution in [0.1, 0.15) is 41.2 Å². The minimum absolute atomic E-state index is 0.250. The molecule has 0 aliphatic carbocycles. The predicted molar refractivity (Wildman–Crippen MR) is 153 cm³/mol. The van der Waals surface area contributed by atoms with Crippen molar-refractivity contribution in [3.8, 4) is 6.07 Å². The molecule has 15 heteroatoms. The first-order valence-electron chi connectivity index (χ1n) is 13.4. The predicted octanol–water partition coefficient (Wildman–Crippen LogP) is -0.572. The summed E-state index contributed by atoms with van der Waals surface area (Å²) >= 11 is 0. The summed E-state index contributed by atoms with van der Waals surface area (Å²) in [5.41, 5.74) is 8.33. The van der Waals surface area contributed by atoms with Crippen LogP contribution in [-0.2, 0) is 35.3 Å². The Bertz CT molecular complexity index is 1340. The number of carbonyl (C=O) groups is 3. The molecular formula is C29H36N4O11. The van der Waals surface area contributed by atoms with Crippen LogP contribution in [0.4, 0.5) is 0 Å². The van der Waals surface area contributed by atoms with Gasteiger partial charge in [0.25, 0.3) is 0 Å². The molecule has 0 bridgehead atoms. The Kier molecular flexibility index (Phi) is 13.6. The van der Waals surface area contributed by atoms with Gasteiger partial charge in [-0.25, -0.2) is 14.4 Å². The third kappa shape index (κ3) is 8.90. The van der Waals surface area contributed by atoms with E-state index in [0.29, 0.717) is 30.5 Å². The number of carboxylic acid groups (broad SMARTS) is 2. The van der Waals surface area contributed by atoms with Gasteiger partial charge in [-0.15, -0.1) is 0 Å². The molecule has 1 amide bonds. The number of β-amino-alcohol motifs (C(OH)–C–C–N with tert-alkyl or cyclic N) is 1. The molecule has 4 rings (SSSR count). The zero-order valence-corrected chi connectivity index (χ0v) is 24.3. The first kappa shape index (κ1) is 35.5. The normalized spacial score (nSPS) is 18.1. The van der Waals surface area contributed by atoms with E-state index in [2.05, 4.69) is 21.6 Å². The number of aliphatic hydroxyl groups excluding tert-OH is 3. The Morgan fingerprint density at radius 3 is 2.27 bits per heavy atom. The Morgan fingerprint density at radius 1 is 1.18 bits per heavy atom. The molecule has 238 valence electrons. The van der Waals surface area contributed by atoms with E-state index in [9.17, 15) is 24.8 Å². The van der Waals surface area contributed by atoms with Crippen LogP contribution < -0.4 is 5.73 Å². The molecule has 7 N–H and O–H groups in total. The number of nitrogens with two attached hydrogens (primary N) is 1. The molecular weight excluding hydrogens is 580 g/mol. The quantitative estimate of drug-likeness (QED) is 0.158. The lowest BCUT2D eigenvalue weighted by Crippen LogP contribution is -2.44. The van der Waals surface area contributed by atoms with Gasteiger partial charge in [-0.2, -0.15) is 5.26 Å². The SMILES string of the molecule is COC1=CCN(C2CCN(CC(O)c3ccc4c(c3C)COC4=C=O)CC2)C=C1C#N.NC=O.O=C(O)C(O)C(O)C(=O)O. The highest BCUT2D eigenvalue weighted by Crippen LogP contribution is 2.34. The summed E-state index contributed by atoms with van der Waals surface area (Å²) < 4.78 is 10.7. The average molecular weight is 617 g/mol. The van der Waals surface area contributed by atoms with Crippen molar-refractivity contribution in [1.29, 1.82) is 5.26 Å². The van der Waals surface area contributed by atoms with Gasteiger partial charge >= 0.3 is 11.9 Å². The van der Waals surface area contributed by atoms with E-state index in [4.69, 9.17) is 34.7 Å². The number of likely N-dealkylation sites (tertiary alicyclic amines) is 1. The molecule has 0 saturated carbocycles. The van der Waals surface area contributed by atoms with Crippen LogP contribution in [0, 0.1) is 18.3 Å². The highest BCUT2D eigenvalue weighted by atomic mass is 16.5. The van der Waals surface area contributed by atoms with Gasteiger partial charge in [0.2, 0.25) is 12.2 Å². The van der Waals surface area contributed by atoms with Gasteiger partial charge in [-0.05, 0) is 43.0 Å². The largest absolute Gasteiger partial charge is 0.496 e. The summed E-state index contributed by atoms with van der Waals surface area (Å²) in [5.74, 6) is -0.801. The number of carbonyl (C=O) groups excluding carboxylic acids is 2. The number of methoxy groups -OCH3 is 1. The van der Waals surface area contributed by atoms with E-state index in [0.717, 1.165) is 54.7 Å². The second kappa shape index (κ2) is 16.8. The van der Waals surface area contributed by atoms with E-state index in [-0.39, 0.29) is 12.2 Å². The fourth-order valence-corrected chi connectivity index (χ4v) is 5.00. The number of hydrogen-bond donors (Lipinski definition) is 6. The van der Waals surface area contributed by atoms with Gasteiger partial charge in [-0.3, -0.25) is 4.79 Å². The number of piperidine rings is 1. The van der Waals surface area contributed by atoms with E-state index < -0.39 is 30.3 Å². The van der Waals surface area contributed by atoms with Crippen molar-refractivity contribution in [3.05, 3.63) is 58.0 Å². The monoisotopic (exact) mass is 616 g/mol. The van der Waals surface area contributed by atoms with Crippen LogP contribution >= 0.6 is 0 Å². The smallest absolute Gasteiger partial charge is 0.335 e. The lowest BCUT2D eigenvalue weighted by atomic mass is 9.94. The van der Waals surface area contributed by atoms with Crippen LogP contribution in [0.3, 0.4) is 0 Å². The van der Waals surface area contributed by atoms with Gasteiger partial charge in [0.1, 0.15) is 24.0 Å². The third-order valence-corrected chi connectivity index (χ3v) is 7.35. The van der Waals surface area contributed by atoms with E-state index >= 15 is 0 Å². The second-order valence-corrected chi connectivity index (χ2v) is 9.90. The van der Waals surface area contributed by atoms with E-state index in [1.807, 2.05) is 37.3 Å². The number of amides is 1. The Morgan fingerprint density at radius 2 is 1.77 bits per heavy atom. The zero-order valence-electron chi connectivity index (χ0n) is 24.3. The number of aliphatic hydroxyl groups is 3. The van der Waals surface area contributed by atoms with Crippen LogP contribution in [-0.4, -0.2) is 111 Å². The van der Waals surface area contributed by atoms with Crippen molar-refractivity contribution >= 4 is 30.0 Å². The summed E-state index contributed by atoms with van der Waals surface area (Å²) in [7, 11) is 1.59. The number of benzene rings is 1. The molecule has 3 unspecified atom stereocenters. The number of aliphatic carboxylic acids is 2. The summed E-state index contributed by atoms with van der Waals surface area (Å²) in [5, 5.41) is 52.8. The standard InChI is InChI=1S/C24H27N3O4.C4H6O6.CH3NO/c1-16-19(3-4-20-21(16)15-31-24(20)14-28)22(29)13-26-8-5-18(6-9-26)27-10-7-23(30-2)17(11-25)12-27;5-1(3(7)8)2(6)4(9)10;2-1-3/h3-4,7,12,18,22,29H,5-6,8-10,13,15H2,1-2H3;1-2,5-6H,(H,7,8)(H,9,10);1H,(H2,2,3). The van der Waals surface area contributed by atoms with Crippen LogP contribution in [0.15, 0.2) is 35.7 Å². The maximum atomic E-state index is 11.0. The molecule has 0 aromatic heterocycles. The summed E-state index contributed by atoms with van der Waals surface area (Å²) in [6.45, 7) is 5.41. The summed E-state index contributed by atoms with van der Waals surface area (Å²) in [6.07, 6.45) is 0.936. The first-order valence-corrected chi connectivity index (χ1v) is 13.4. The number of nitriles is 1. The van der Waals surface area contributed by atoms with Crippen molar-refractivity contribution in [2.24, 2.45) is 5.73 Å². The number of ether oxygens (including phenoxy) is 2. The Balaban J connectivity index is 0.000000439. The average Bonchev–Trinajstić information content (AvgIpc) is 3.45. The van der Waals surface area contributed by atoms with Crippen molar-refractivity contribution in [2.75, 3.05) is 33.3 Å². The number of fused-ring (bicyclic) bond motifs is 1. The molecule has 3 heterocycles. The number of hydrogen-bond acceptors (Lipinski definition) is 12. The number of primary amides is 1. The van der Waals surface area contributed by atoms with Crippen LogP contribution in [0.5, 0.6) is 0 Å². The number of nitrogens with zero attached hydrogens (tertiary/aromatic N) is 3. The Labute approximate surface area is 253 Å². The van der Waals surface area contributed by atoms with Crippen molar-refractivity contribution in [1.82, 2.24) is 9.80 Å². The zero-order chi connectivity index (χ0) is 33.0. The van der Waals surface area contributed by atoms with Crippen molar-refractivity contribution in [2.45, 2.75) is 50.7 Å². The van der Waals surface area contributed by atoms with Crippen LogP contribution in [0.25, 0.3) is 5.76 Å². The molecule has 1 aromatic carbocycles. The highest BCUT2D eigenvalue weighted by Gasteiger charge is 2.30. The molecule has 3 aliphatic heterocycles. The van der Waals surface area contributed by atoms with Gasteiger partial charge in [0.15, 0.2) is 18.1 Å². The fourth-order valence-electron chi connectivity index (χ4n) is 5.00. The highest BCUT2D eigenvalue weighted by molar-refractivity contribution is 5.86. The van der Waals surface area contributed by atoms with Crippen molar-refractivity contribution < 1.29 is 54.2 Å². The number of allylic oxidation sites excluding steroid dienone is 1. The van der Waals surface area contributed by atoms with E-state index in [1.165, 1.54) is 0 Å². The fraction of sp³-hybridized carbons (Fsp3) is 0.448. The molecule has 1 aromatic rings. The third-order valence-electron chi connectivity index (χ3n) is 7.35. The topological polar surface area (TPSA) is 244 Å². The number of rotatable bonds is 8. The van der Waals surface area contributed by atoms with Gasteiger partial charge in [-0.1, -0.05) is 6.07 Å². The van der Waals surface area contributed by atoms with E-state index in [1.54, 1.807) is 7.11 Å². The Hall–Kier alpha value is -4.71. The summed E-state index contributed by atoms with van der Waals surface area (Å²) in [4.78, 5) is 43.6. The molecule has 1 saturated heterocycles.